The molecule has 2 atom stereocenters. The van der Waals surface area contributed by atoms with E-state index in [4.69, 9.17) is 5.73 Å². The highest BCUT2D eigenvalue weighted by Gasteiger charge is 2.28. The first kappa shape index (κ1) is 12.1. The van der Waals surface area contributed by atoms with E-state index in [0.717, 1.165) is 13.1 Å². The van der Waals surface area contributed by atoms with Crippen molar-refractivity contribution in [3.05, 3.63) is 34.3 Å². The minimum absolute atomic E-state index is 0.581. The first-order valence-electron chi connectivity index (χ1n) is 5.85. The largest absolute Gasteiger partial charge is 0.330 e. The Morgan fingerprint density at radius 3 is 2.88 bits per heavy atom. The van der Waals surface area contributed by atoms with E-state index in [2.05, 4.69) is 52.1 Å². The van der Waals surface area contributed by atoms with Gasteiger partial charge in [-0.05, 0) is 50.0 Å². The van der Waals surface area contributed by atoms with E-state index < -0.39 is 0 Å². The van der Waals surface area contributed by atoms with Gasteiger partial charge in [0.25, 0.3) is 0 Å². The molecule has 0 radical (unpaired) electrons. The van der Waals surface area contributed by atoms with Gasteiger partial charge in [-0.15, -0.1) is 0 Å². The third-order valence-electron chi connectivity index (χ3n) is 3.54. The molecule has 1 aromatic rings. The van der Waals surface area contributed by atoms with Crippen molar-refractivity contribution in [3.8, 4) is 0 Å². The van der Waals surface area contributed by atoms with Crippen LogP contribution in [0, 0.1) is 5.92 Å². The lowest BCUT2D eigenvalue weighted by atomic mass is 9.80. The summed E-state index contributed by atoms with van der Waals surface area (Å²) in [4.78, 5) is 2.38. The third-order valence-corrected chi connectivity index (χ3v) is 4.27. The van der Waals surface area contributed by atoms with E-state index in [0.29, 0.717) is 11.8 Å². The molecular weight excluding hydrogens is 264 g/mol. The second kappa shape index (κ2) is 5.30. The summed E-state index contributed by atoms with van der Waals surface area (Å²) in [6.07, 6.45) is 1.21. The maximum Gasteiger partial charge on any atom is 0.0210 e. The van der Waals surface area contributed by atoms with Gasteiger partial charge < -0.3 is 10.6 Å². The van der Waals surface area contributed by atoms with Gasteiger partial charge in [0.05, 0.1) is 0 Å². The maximum atomic E-state index is 5.90. The van der Waals surface area contributed by atoms with Crippen LogP contribution in [0.4, 0.5) is 0 Å². The average molecular weight is 283 g/mol. The summed E-state index contributed by atoms with van der Waals surface area (Å²) in [5, 5.41) is 0. The maximum absolute atomic E-state index is 5.90. The zero-order chi connectivity index (χ0) is 11.5. The highest BCUT2D eigenvalue weighted by molar-refractivity contribution is 9.10. The number of nitrogens with two attached hydrogens (primary N) is 1. The third kappa shape index (κ3) is 2.47. The lowest BCUT2D eigenvalue weighted by Crippen LogP contribution is -2.40. The first-order chi connectivity index (χ1) is 7.72. The highest BCUT2D eigenvalue weighted by Crippen LogP contribution is 2.35. The molecule has 2 N–H and O–H groups in total. The number of benzene rings is 1. The molecule has 1 saturated heterocycles. The van der Waals surface area contributed by atoms with E-state index in [1.807, 2.05) is 0 Å². The Labute approximate surface area is 106 Å². The predicted molar refractivity (Wildman–Crippen MR) is 71.5 cm³/mol. The van der Waals surface area contributed by atoms with Crippen LogP contribution < -0.4 is 5.73 Å². The standard InChI is InChI=1S/C13H19BrN2/c1-16-7-6-11(10(8-15)9-16)12-4-2-3-5-13(12)14/h2-5,10-11H,6-9,15H2,1H3. The molecule has 1 fully saturated rings. The summed E-state index contributed by atoms with van der Waals surface area (Å²) in [6, 6.07) is 8.54. The molecular formula is C13H19BrN2. The minimum Gasteiger partial charge on any atom is -0.330 e. The molecule has 1 aliphatic heterocycles. The van der Waals surface area contributed by atoms with E-state index >= 15 is 0 Å². The van der Waals surface area contributed by atoms with Gasteiger partial charge in [0.1, 0.15) is 0 Å². The van der Waals surface area contributed by atoms with Crippen LogP contribution in [-0.4, -0.2) is 31.6 Å². The number of rotatable bonds is 2. The molecule has 16 heavy (non-hydrogen) atoms. The Balaban J connectivity index is 2.22. The molecule has 0 saturated carbocycles. The molecule has 0 amide bonds. The Bertz CT molecular complexity index is 354. The summed E-state index contributed by atoms with van der Waals surface area (Å²) in [5.74, 6) is 1.19. The quantitative estimate of drug-likeness (QED) is 0.903. The van der Waals surface area contributed by atoms with Crippen molar-refractivity contribution in [1.29, 1.82) is 0 Å². The van der Waals surface area contributed by atoms with Crippen molar-refractivity contribution in [3.63, 3.8) is 0 Å². The molecule has 1 aliphatic rings. The lowest BCUT2D eigenvalue weighted by molar-refractivity contribution is 0.188. The van der Waals surface area contributed by atoms with E-state index in [9.17, 15) is 0 Å². The molecule has 0 aromatic heterocycles. The van der Waals surface area contributed by atoms with Gasteiger partial charge in [-0.25, -0.2) is 0 Å². The number of hydrogen-bond donors (Lipinski definition) is 1. The molecule has 0 aliphatic carbocycles. The van der Waals surface area contributed by atoms with Crippen molar-refractivity contribution in [2.24, 2.45) is 11.7 Å². The van der Waals surface area contributed by atoms with Crippen molar-refractivity contribution in [2.45, 2.75) is 12.3 Å². The molecule has 2 nitrogen and oxygen atoms in total. The van der Waals surface area contributed by atoms with Crippen molar-refractivity contribution >= 4 is 15.9 Å². The lowest BCUT2D eigenvalue weighted by Gasteiger charge is -2.36. The Hall–Kier alpha value is -0.380. The van der Waals surface area contributed by atoms with Gasteiger partial charge in [-0.3, -0.25) is 0 Å². The Morgan fingerprint density at radius 1 is 1.44 bits per heavy atom. The van der Waals surface area contributed by atoms with Crippen LogP contribution in [-0.2, 0) is 0 Å². The Kier molecular flexibility index (Phi) is 4.00. The van der Waals surface area contributed by atoms with E-state index in [1.165, 1.54) is 23.0 Å². The molecule has 3 heteroatoms. The predicted octanol–water partition coefficient (Wildman–Crippen LogP) is 2.44. The highest BCUT2D eigenvalue weighted by atomic mass is 79.9. The molecule has 2 rings (SSSR count). The van der Waals surface area contributed by atoms with Crippen LogP contribution in [0.25, 0.3) is 0 Å². The van der Waals surface area contributed by atoms with Crippen LogP contribution in [0.3, 0.4) is 0 Å². The van der Waals surface area contributed by atoms with Crippen molar-refractivity contribution < 1.29 is 0 Å². The fourth-order valence-corrected chi connectivity index (χ4v) is 3.22. The van der Waals surface area contributed by atoms with Crippen LogP contribution in [0.1, 0.15) is 17.9 Å². The van der Waals surface area contributed by atoms with Gasteiger partial charge in [-0.1, -0.05) is 34.1 Å². The summed E-state index contributed by atoms with van der Waals surface area (Å²) < 4.78 is 1.23. The van der Waals surface area contributed by atoms with Crippen molar-refractivity contribution in [1.82, 2.24) is 4.90 Å². The number of hydrogen-bond acceptors (Lipinski definition) is 2. The number of likely N-dealkylation sites (tertiary alicyclic amines) is 1. The summed E-state index contributed by atoms with van der Waals surface area (Å²) in [5.41, 5.74) is 7.32. The zero-order valence-electron chi connectivity index (χ0n) is 9.70. The van der Waals surface area contributed by atoms with Gasteiger partial charge in [0.2, 0.25) is 0 Å². The first-order valence-corrected chi connectivity index (χ1v) is 6.64. The second-order valence-corrected chi connectivity index (χ2v) is 5.53. The van der Waals surface area contributed by atoms with Gasteiger partial charge in [-0.2, -0.15) is 0 Å². The molecule has 88 valence electrons. The summed E-state index contributed by atoms with van der Waals surface area (Å²) >= 11 is 3.65. The molecule has 1 aromatic carbocycles. The smallest absolute Gasteiger partial charge is 0.0210 e. The van der Waals surface area contributed by atoms with Gasteiger partial charge >= 0.3 is 0 Å². The SMILES string of the molecule is CN1CCC(c2ccccc2Br)C(CN)C1. The normalized spacial score (nSPS) is 26.9. The zero-order valence-corrected chi connectivity index (χ0v) is 11.3. The summed E-state index contributed by atoms with van der Waals surface area (Å²) in [6.45, 7) is 3.06. The molecule has 0 bridgehead atoms. The Morgan fingerprint density at radius 2 is 2.19 bits per heavy atom. The monoisotopic (exact) mass is 282 g/mol. The van der Waals surface area contributed by atoms with Crippen molar-refractivity contribution in [2.75, 3.05) is 26.7 Å². The van der Waals surface area contributed by atoms with E-state index in [1.54, 1.807) is 0 Å². The second-order valence-electron chi connectivity index (χ2n) is 4.67. The van der Waals surface area contributed by atoms with Gasteiger partial charge in [0, 0.05) is 11.0 Å². The fraction of sp³-hybridized carbons (Fsp3) is 0.538. The van der Waals surface area contributed by atoms with Crippen LogP contribution in [0.15, 0.2) is 28.7 Å². The number of piperidine rings is 1. The van der Waals surface area contributed by atoms with Gasteiger partial charge in [0.15, 0.2) is 0 Å². The molecule has 0 spiro atoms. The topological polar surface area (TPSA) is 29.3 Å². The summed E-state index contributed by atoms with van der Waals surface area (Å²) in [7, 11) is 2.18. The number of nitrogens with zero attached hydrogens (tertiary/aromatic N) is 1. The van der Waals surface area contributed by atoms with Crippen LogP contribution in [0.2, 0.25) is 0 Å². The van der Waals surface area contributed by atoms with Crippen LogP contribution >= 0.6 is 15.9 Å². The molecule has 2 unspecified atom stereocenters. The van der Waals surface area contributed by atoms with E-state index in [-0.39, 0.29) is 0 Å². The fourth-order valence-electron chi connectivity index (χ4n) is 2.64. The number of halogens is 1. The van der Waals surface area contributed by atoms with Crippen LogP contribution in [0.5, 0.6) is 0 Å². The molecule has 1 heterocycles. The minimum atomic E-state index is 0.581. The average Bonchev–Trinajstić information content (AvgIpc) is 2.30.